The number of hydrogen-bond acceptors (Lipinski definition) is 9. The van der Waals surface area contributed by atoms with Gasteiger partial charge >= 0.3 is 6.01 Å². The summed E-state index contributed by atoms with van der Waals surface area (Å²) >= 11 is 6.74. The van der Waals surface area contributed by atoms with Crippen LogP contribution in [0.2, 0.25) is 5.02 Å². The van der Waals surface area contributed by atoms with Gasteiger partial charge in [-0.1, -0.05) is 35.9 Å². The van der Waals surface area contributed by atoms with Gasteiger partial charge in [-0.25, -0.2) is 9.97 Å². The van der Waals surface area contributed by atoms with Crippen molar-refractivity contribution in [1.82, 2.24) is 29.7 Å². The number of nitrogens with zero attached hydrogens (tertiary/aromatic N) is 8. The van der Waals surface area contributed by atoms with Crippen LogP contribution in [0.5, 0.6) is 6.01 Å². The highest BCUT2D eigenvalue weighted by molar-refractivity contribution is 6.36. The Morgan fingerprint density at radius 1 is 0.894 bits per heavy atom. The third kappa shape index (κ3) is 5.89. The van der Waals surface area contributed by atoms with Gasteiger partial charge in [-0.15, -0.1) is 0 Å². The van der Waals surface area contributed by atoms with Crippen molar-refractivity contribution in [2.45, 2.75) is 44.2 Å². The maximum Gasteiger partial charge on any atom is 0.318 e. The van der Waals surface area contributed by atoms with Gasteiger partial charge in [0.15, 0.2) is 5.82 Å². The van der Waals surface area contributed by atoms with Gasteiger partial charge in [0.25, 0.3) is 0 Å². The quantitative estimate of drug-likeness (QED) is 0.256. The Morgan fingerprint density at radius 3 is 2.45 bits per heavy atom. The van der Waals surface area contributed by atoms with E-state index in [0.29, 0.717) is 51.2 Å². The molecule has 6 heterocycles. The summed E-state index contributed by atoms with van der Waals surface area (Å²) in [5, 5.41) is 2.96. The third-order valence-electron chi connectivity index (χ3n) is 10.3. The van der Waals surface area contributed by atoms with Crippen LogP contribution in [-0.4, -0.2) is 93.6 Å². The van der Waals surface area contributed by atoms with Crippen LogP contribution in [0, 0.1) is 0 Å². The number of anilines is 2. The Balaban J connectivity index is 1.05. The monoisotopic (exact) mass is 650 g/mol. The second-order valence-electron chi connectivity index (χ2n) is 13.0. The Bertz CT molecular complexity index is 1790. The van der Waals surface area contributed by atoms with Crippen molar-refractivity contribution in [2.75, 3.05) is 62.2 Å². The van der Waals surface area contributed by atoms with E-state index in [-0.39, 0.29) is 11.4 Å². The average molecular weight is 651 g/mol. The molecule has 1 amide bonds. The van der Waals surface area contributed by atoms with Crippen LogP contribution in [0.1, 0.15) is 42.8 Å². The lowest BCUT2D eigenvalue weighted by atomic mass is 9.95. The van der Waals surface area contributed by atoms with Crippen molar-refractivity contribution in [3.8, 4) is 6.01 Å². The van der Waals surface area contributed by atoms with E-state index in [1.54, 1.807) is 30.6 Å². The van der Waals surface area contributed by atoms with Crippen molar-refractivity contribution < 1.29 is 9.53 Å². The highest BCUT2D eigenvalue weighted by atomic mass is 35.5. The fourth-order valence-corrected chi connectivity index (χ4v) is 8.19. The maximum atomic E-state index is 13.0. The number of rotatable bonds is 7. The van der Waals surface area contributed by atoms with Crippen LogP contribution < -0.4 is 14.5 Å². The number of benzene rings is 2. The van der Waals surface area contributed by atoms with Crippen molar-refractivity contribution in [3.63, 3.8) is 0 Å². The molecule has 0 atom stereocenters. The van der Waals surface area contributed by atoms with Gasteiger partial charge in [0.2, 0.25) is 5.91 Å². The molecule has 0 aliphatic carbocycles. The van der Waals surface area contributed by atoms with E-state index in [1.807, 2.05) is 17.0 Å². The topological polar surface area (TPSA) is 90.8 Å². The van der Waals surface area contributed by atoms with Crippen molar-refractivity contribution in [2.24, 2.45) is 0 Å². The van der Waals surface area contributed by atoms with Gasteiger partial charge in [0.1, 0.15) is 12.4 Å². The number of piperazine rings is 1. The summed E-state index contributed by atoms with van der Waals surface area (Å²) < 4.78 is 6.54. The standard InChI is InChI=1S/C36H39ClN8O2/c37-28-8-1-6-26-7-2-9-30(33(26)28)44-19-12-27-29(24-44)40-35(47-25-36-13-3-17-45(36)18-4-14-36)41-34(27)43-22-20-42(21-23-43)32(46)11-10-31-38-15-5-16-39-31/h1-2,5-11,15-16H,3-4,12-14,17-25H2/b11-10+. The first-order valence-electron chi connectivity index (χ1n) is 16.8. The van der Waals surface area contributed by atoms with Crippen molar-refractivity contribution in [3.05, 3.63) is 83.0 Å². The summed E-state index contributed by atoms with van der Waals surface area (Å²) in [5.41, 5.74) is 3.39. The minimum absolute atomic E-state index is 0.0350. The Morgan fingerprint density at radius 2 is 1.66 bits per heavy atom. The van der Waals surface area contributed by atoms with Crippen LogP contribution in [0.4, 0.5) is 11.5 Å². The zero-order valence-electron chi connectivity index (χ0n) is 26.5. The number of carbonyl (C=O) groups excluding carboxylic acids is 1. The van der Waals surface area contributed by atoms with E-state index < -0.39 is 0 Å². The van der Waals surface area contributed by atoms with Crippen molar-refractivity contribution >= 4 is 45.9 Å². The lowest BCUT2D eigenvalue weighted by molar-refractivity contribution is -0.126. The van der Waals surface area contributed by atoms with E-state index in [2.05, 4.69) is 48.9 Å². The number of halogens is 1. The second-order valence-corrected chi connectivity index (χ2v) is 13.4. The zero-order chi connectivity index (χ0) is 31.8. The van der Waals surface area contributed by atoms with Crippen molar-refractivity contribution in [1.29, 1.82) is 0 Å². The number of aromatic nitrogens is 4. The molecule has 4 aliphatic rings. The molecule has 11 heteroatoms. The molecular weight excluding hydrogens is 612 g/mol. The van der Waals surface area contributed by atoms with E-state index >= 15 is 0 Å². The number of ether oxygens (including phenoxy) is 1. The summed E-state index contributed by atoms with van der Waals surface area (Å²) in [7, 11) is 0. The first-order chi connectivity index (χ1) is 23.1. The molecule has 10 nitrogen and oxygen atoms in total. The zero-order valence-corrected chi connectivity index (χ0v) is 27.3. The predicted molar refractivity (Wildman–Crippen MR) is 184 cm³/mol. The van der Waals surface area contributed by atoms with Crippen LogP contribution in [-0.2, 0) is 17.8 Å². The van der Waals surface area contributed by atoms with Crippen LogP contribution >= 0.6 is 11.6 Å². The molecule has 0 radical (unpaired) electrons. The molecule has 0 bridgehead atoms. The predicted octanol–water partition coefficient (Wildman–Crippen LogP) is 5.01. The van der Waals surface area contributed by atoms with Gasteiger partial charge in [0, 0.05) is 67.8 Å². The van der Waals surface area contributed by atoms with Gasteiger partial charge in [-0.2, -0.15) is 9.97 Å². The lowest BCUT2D eigenvalue weighted by Crippen LogP contribution is -2.49. The molecule has 242 valence electrons. The van der Waals surface area contributed by atoms with E-state index in [4.69, 9.17) is 26.3 Å². The molecule has 0 N–H and O–H groups in total. The number of amides is 1. The molecule has 2 aromatic heterocycles. The molecule has 0 unspecified atom stereocenters. The highest BCUT2D eigenvalue weighted by Crippen LogP contribution is 2.40. The van der Waals surface area contributed by atoms with Gasteiger partial charge in [-0.05, 0) is 74.9 Å². The van der Waals surface area contributed by atoms with Gasteiger partial charge < -0.3 is 19.4 Å². The fourth-order valence-electron chi connectivity index (χ4n) is 7.91. The van der Waals surface area contributed by atoms with E-state index in [0.717, 1.165) is 59.0 Å². The van der Waals surface area contributed by atoms with E-state index in [9.17, 15) is 4.79 Å². The molecule has 3 fully saturated rings. The second kappa shape index (κ2) is 12.7. The lowest BCUT2D eigenvalue weighted by Gasteiger charge is -2.38. The molecule has 8 rings (SSSR count). The largest absolute Gasteiger partial charge is 0.461 e. The van der Waals surface area contributed by atoms with Crippen LogP contribution in [0.3, 0.4) is 0 Å². The molecular formula is C36H39ClN8O2. The van der Waals surface area contributed by atoms with E-state index in [1.165, 1.54) is 31.2 Å². The average Bonchev–Trinajstić information content (AvgIpc) is 3.70. The first-order valence-corrected chi connectivity index (χ1v) is 17.1. The molecule has 0 saturated carbocycles. The third-order valence-corrected chi connectivity index (χ3v) is 10.6. The maximum absolute atomic E-state index is 13.0. The molecule has 2 aromatic carbocycles. The Labute approximate surface area is 280 Å². The molecule has 4 aromatic rings. The number of fused-ring (bicyclic) bond motifs is 3. The normalized spacial score (nSPS) is 19.4. The Kier molecular flexibility index (Phi) is 8.15. The summed E-state index contributed by atoms with van der Waals surface area (Å²) in [6, 6.07) is 14.6. The van der Waals surface area contributed by atoms with Gasteiger partial charge in [0.05, 0.1) is 22.8 Å². The fraction of sp³-hybridized carbons (Fsp3) is 0.417. The number of carbonyl (C=O) groups is 1. The summed E-state index contributed by atoms with van der Waals surface area (Å²) in [4.78, 5) is 40.7. The molecule has 3 saturated heterocycles. The molecule has 47 heavy (non-hydrogen) atoms. The van der Waals surface area contributed by atoms with Gasteiger partial charge in [-0.3, -0.25) is 9.69 Å². The molecule has 4 aliphatic heterocycles. The first kappa shape index (κ1) is 30.1. The van der Waals surface area contributed by atoms with Crippen LogP contribution in [0.15, 0.2) is 60.9 Å². The smallest absolute Gasteiger partial charge is 0.318 e. The molecule has 0 spiro atoms. The minimum atomic E-state index is -0.0350. The van der Waals surface area contributed by atoms with Crippen LogP contribution in [0.25, 0.3) is 16.8 Å². The summed E-state index contributed by atoms with van der Waals surface area (Å²) in [5.74, 6) is 1.43. The number of hydrogen-bond donors (Lipinski definition) is 0. The minimum Gasteiger partial charge on any atom is -0.461 e. The SMILES string of the molecule is O=C(/C=C/c1ncccn1)N1CCN(c2nc(OCC34CCCN3CCC4)nc3c2CCN(c2cccc4cccc(Cl)c24)C3)CC1. The Hall–Kier alpha value is -4.28. The highest BCUT2D eigenvalue weighted by Gasteiger charge is 2.45. The summed E-state index contributed by atoms with van der Waals surface area (Å²) in [6.45, 7) is 6.98. The summed E-state index contributed by atoms with van der Waals surface area (Å²) in [6.07, 6.45) is 12.2.